The van der Waals surface area contributed by atoms with E-state index in [9.17, 15) is 4.39 Å². The van der Waals surface area contributed by atoms with Crippen LogP contribution >= 0.6 is 0 Å². The molecule has 0 radical (unpaired) electrons. The molecule has 0 spiro atoms. The third-order valence-corrected chi connectivity index (χ3v) is 2.91. The number of pyridine rings is 1. The van der Waals surface area contributed by atoms with Crippen molar-refractivity contribution in [2.45, 2.75) is 0 Å². The lowest BCUT2D eigenvalue weighted by molar-refractivity contribution is 0.628. The second-order valence-electron chi connectivity index (χ2n) is 4.30. The van der Waals surface area contributed by atoms with E-state index in [-0.39, 0.29) is 5.82 Å². The predicted molar refractivity (Wildman–Crippen MR) is 79.4 cm³/mol. The molecule has 1 heterocycles. The molecule has 0 saturated carbocycles. The molecule has 1 N–H and O–H groups in total. The summed E-state index contributed by atoms with van der Waals surface area (Å²) in [5.74, 6) is -0.254. The maximum absolute atomic E-state index is 12.8. The maximum Gasteiger partial charge on any atom is 0.123 e. The van der Waals surface area contributed by atoms with E-state index in [2.05, 4.69) is 15.5 Å². The average Bonchev–Trinajstić information content (AvgIpc) is 2.49. The van der Waals surface area contributed by atoms with E-state index in [1.165, 1.54) is 12.1 Å². The lowest BCUT2D eigenvalue weighted by Crippen LogP contribution is -1.92. The average molecular weight is 265 g/mol. The summed E-state index contributed by atoms with van der Waals surface area (Å²) in [5.41, 5.74) is 5.61. The van der Waals surface area contributed by atoms with Crippen molar-refractivity contribution in [3.63, 3.8) is 0 Å². The monoisotopic (exact) mass is 265 g/mol. The quantitative estimate of drug-likeness (QED) is 0.577. The highest BCUT2D eigenvalue weighted by molar-refractivity contribution is 5.91. The summed E-state index contributed by atoms with van der Waals surface area (Å²) in [6.45, 7) is 0. The van der Waals surface area contributed by atoms with E-state index in [1.54, 1.807) is 24.5 Å². The Morgan fingerprint density at radius 3 is 2.70 bits per heavy atom. The number of aromatic nitrogens is 1. The minimum Gasteiger partial charge on any atom is -0.278 e. The largest absolute Gasteiger partial charge is 0.278 e. The van der Waals surface area contributed by atoms with Crippen LogP contribution in [-0.2, 0) is 0 Å². The first-order valence-corrected chi connectivity index (χ1v) is 6.21. The summed E-state index contributed by atoms with van der Waals surface area (Å²) in [6, 6.07) is 15.8. The molecule has 0 unspecified atom stereocenters. The summed E-state index contributed by atoms with van der Waals surface area (Å²) < 4.78 is 12.8. The smallest absolute Gasteiger partial charge is 0.123 e. The van der Waals surface area contributed by atoms with Gasteiger partial charge in [0.25, 0.3) is 0 Å². The van der Waals surface area contributed by atoms with Gasteiger partial charge in [-0.15, -0.1) is 0 Å². The van der Waals surface area contributed by atoms with Crippen LogP contribution in [0.2, 0.25) is 0 Å². The SMILES string of the molecule is Fc1ccc(/C=N/Nc2cccc3ncccc23)cc1. The Labute approximate surface area is 115 Å². The molecule has 0 saturated heterocycles. The fourth-order valence-electron chi connectivity index (χ4n) is 1.93. The molecule has 1 aromatic heterocycles. The predicted octanol–water partition coefficient (Wildman–Crippen LogP) is 3.82. The lowest BCUT2D eigenvalue weighted by atomic mass is 10.2. The topological polar surface area (TPSA) is 37.3 Å². The van der Waals surface area contributed by atoms with Gasteiger partial charge in [-0.1, -0.05) is 18.2 Å². The van der Waals surface area contributed by atoms with Crippen LogP contribution in [0.15, 0.2) is 65.9 Å². The van der Waals surface area contributed by atoms with Crippen LogP contribution in [0.5, 0.6) is 0 Å². The first-order valence-electron chi connectivity index (χ1n) is 6.21. The third-order valence-electron chi connectivity index (χ3n) is 2.91. The van der Waals surface area contributed by atoms with Gasteiger partial charge in [0.05, 0.1) is 17.4 Å². The van der Waals surface area contributed by atoms with Crippen molar-refractivity contribution in [3.8, 4) is 0 Å². The molecule has 0 fully saturated rings. The molecule has 0 atom stereocenters. The van der Waals surface area contributed by atoms with Crippen molar-refractivity contribution in [3.05, 3.63) is 72.2 Å². The highest BCUT2D eigenvalue weighted by Crippen LogP contribution is 2.21. The van der Waals surface area contributed by atoms with Gasteiger partial charge in [-0.05, 0) is 42.0 Å². The minimum absolute atomic E-state index is 0.254. The van der Waals surface area contributed by atoms with Crippen LogP contribution in [0.3, 0.4) is 0 Å². The van der Waals surface area contributed by atoms with Crippen molar-refractivity contribution in [1.29, 1.82) is 0 Å². The normalized spacial score (nSPS) is 11.1. The van der Waals surface area contributed by atoms with Crippen LogP contribution in [0.4, 0.5) is 10.1 Å². The number of hydrogen-bond acceptors (Lipinski definition) is 3. The molecule has 98 valence electrons. The summed E-state index contributed by atoms with van der Waals surface area (Å²) >= 11 is 0. The highest BCUT2D eigenvalue weighted by Gasteiger charge is 1.98. The Morgan fingerprint density at radius 1 is 1.00 bits per heavy atom. The molecule has 0 aliphatic rings. The number of nitrogens with zero attached hydrogens (tertiary/aromatic N) is 2. The molecule has 0 amide bonds. The van der Waals surface area contributed by atoms with Gasteiger partial charge in [0.1, 0.15) is 5.82 Å². The summed E-state index contributed by atoms with van der Waals surface area (Å²) in [7, 11) is 0. The summed E-state index contributed by atoms with van der Waals surface area (Å²) in [5, 5.41) is 5.17. The maximum atomic E-state index is 12.8. The minimum atomic E-state index is -0.254. The Morgan fingerprint density at radius 2 is 1.85 bits per heavy atom. The molecule has 3 rings (SSSR count). The van der Waals surface area contributed by atoms with E-state index in [1.807, 2.05) is 30.3 Å². The van der Waals surface area contributed by atoms with Gasteiger partial charge < -0.3 is 0 Å². The number of benzene rings is 2. The highest BCUT2D eigenvalue weighted by atomic mass is 19.1. The number of nitrogens with one attached hydrogen (secondary N) is 1. The molecule has 3 nitrogen and oxygen atoms in total. The molecular weight excluding hydrogens is 253 g/mol. The molecule has 0 aliphatic carbocycles. The number of fused-ring (bicyclic) bond motifs is 1. The molecule has 2 aromatic carbocycles. The zero-order chi connectivity index (χ0) is 13.8. The molecule has 0 aliphatic heterocycles. The van der Waals surface area contributed by atoms with Gasteiger partial charge in [0.15, 0.2) is 0 Å². The third kappa shape index (κ3) is 2.64. The summed E-state index contributed by atoms with van der Waals surface area (Å²) in [4.78, 5) is 4.28. The Bertz CT molecular complexity index is 746. The Balaban J connectivity index is 1.81. The van der Waals surface area contributed by atoms with E-state index in [0.29, 0.717) is 0 Å². The van der Waals surface area contributed by atoms with Gasteiger partial charge in [-0.3, -0.25) is 10.4 Å². The molecular formula is C16H12FN3. The van der Waals surface area contributed by atoms with Crippen molar-refractivity contribution in [1.82, 2.24) is 4.98 Å². The van der Waals surface area contributed by atoms with Gasteiger partial charge in [-0.25, -0.2) is 4.39 Å². The summed E-state index contributed by atoms with van der Waals surface area (Å²) in [6.07, 6.45) is 3.41. The molecule has 4 heteroatoms. The van der Waals surface area contributed by atoms with Gasteiger partial charge in [-0.2, -0.15) is 5.10 Å². The van der Waals surface area contributed by atoms with Gasteiger partial charge in [0, 0.05) is 11.6 Å². The number of hydrogen-bond donors (Lipinski definition) is 1. The zero-order valence-corrected chi connectivity index (χ0v) is 10.6. The van der Waals surface area contributed by atoms with Crippen molar-refractivity contribution >= 4 is 22.8 Å². The van der Waals surface area contributed by atoms with E-state index in [4.69, 9.17) is 0 Å². The number of anilines is 1. The first kappa shape index (κ1) is 12.3. The van der Waals surface area contributed by atoms with Crippen LogP contribution in [-0.4, -0.2) is 11.2 Å². The zero-order valence-electron chi connectivity index (χ0n) is 10.6. The van der Waals surface area contributed by atoms with Crippen LogP contribution in [0, 0.1) is 5.82 Å². The Hall–Kier alpha value is -2.75. The standard InChI is InChI=1S/C16H12FN3/c17-13-8-6-12(7-9-13)11-19-20-16-5-1-4-15-14(16)3-2-10-18-15/h1-11,20H/b19-11+. The van der Waals surface area contributed by atoms with Crippen LogP contribution in [0.25, 0.3) is 10.9 Å². The fraction of sp³-hybridized carbons (Fsp3) is 0. The van der Waals surface area contributed by atoms with Crippen LogP contribution < -0.4 is 5.43 Å². The van der Waals surface area contributed by atoms with Crippen LogP contribution in [0.1, 0.15) is 5.56 Å². The Kier molecular flexibility index (Phi) is 3.37. The lowest BCUT2D eigenvalue weighted by Gasteiger charge is -2.04. The van der Waals surface area contributed by atoms with E-state index < -0.39 is 0 Å². The second kappa shape index (κ2) is 5.48. The number of rotatable bonds is 3. The number of hydrazone groups is 1. The van der Waals surface area contributed by atoms with Gasteiger partial charge >= 0.3 is 0 Å². The van der Waals surface area contributed by atoms with Crippen molar-refractivity contribution in [2.24, 2.45) is 5.10 Å². The second-order valence-corrected chi connectivity index (χ2v) is 4.30. The van der Waals surface area contributed by atoms with E-state index >= 15 is 0 Å². The molecule has 0 bridgehead atoms. The van der Waals surface area contributed by atoms with E-state index in [0.717, 1.165) is 22.2 Å². The van der Waals surface area contributed by atoms with Crippen molar-refractivity contribution < 1.29 is 4.39 Å². The fourth-order valence-corrected chi connectivity index (χ4v) is 1.93. The van der Waals surface area contributed by atoms with Crippen molar-refractivity contribution in [2.75, 3.05) is 5.43 Å². The van der Waals surface area contributed by atoms with Gasteiger partial charge in [0.2, 0.25) is 0 Å². The molecule has 20 heavy (non-hydrogen) atoms. The molecule has 3 aromatic rings. The first-order chi connectivity index (χ1) is 9.83. The number of halogens is 1.